The predicted molar refractivity (Wildman–Crippen MR) is 57.5 cm³/mol. The number of allylic oxidation sites excluding steroid dienone is 4. The van der Waals surface area contributed by atoms with Gasteiger partial charge in [0.15, 0.2) is 0 Å². The molecule has 1 aromatic rings. The fraction of sp³-hybridized carbons (Fsp3) is 0.308. The number of aromatic nitrogens is 1. The van der Waals surface area contributed by atoms with E-state index in [1.165, 1.54) is 5.57 Å². The van der Waals surface area contributed by atoms with E-state index < -0.39 is 0 Å². The quantitative estimate of drug-likeness (QED) is 0.652. The van der Waals surface area contributed by atoms with Crippen LogP contribution in [-0.4, -0.2) is 4.98 Å². The van der Waals surface area contributed by atoms with Crippen LogP contribution in [0.4, 0.5) is 0 Å². The summed E-state index contributed by atoms with van der Waals surface area (Å²) in [6.45, 7) is 2.32. The maximum Gasteiger partial charge on any atom is 0.0664 e. The SMILES string of the molecule is CC1C2C=CC=C(c3ccccn3)C12. The smallest absolute Gasteiger partial charge is 0.0664 e. The van der Waals surface area contributed by atoms with Crippen molar-refractivity contribution in [3.8, 4) is 0 Å². The third-order valence-electron chi connectivity index (χ3n) is 3.38. The Morgan fingerprint density at radius 1 is 1.29 bits per heavy atom. The zero-order chi connectivity index (χ0) is 9.54. The Hall–Kier alpha value is -1.37. The molecule has 1 heterocycles. The summed E-state index contributed by atoms with van der Waals surface area (Å²) in [7, 11) is 0. The van der Waals surface area contributed by atoms with Crippen molar-refractivity contribution in [1.29, 1.82) is 0 Å². The molecular formula is C13H13N. The van der Waals surface area contributed by atoms with Crippen LogP contribution in [0, 0.1) is 17.8 Å². The standard InChI is InChI=1S/C13H13N/c1-9-10-5-4-6-11(13(9)10)12-7-2-3-8-14-12/h2-10,13H,1H3. The monoisotopic (exact) mass is 183 g/mol. The molecule has 0 N–H and O–H groups in total. The first kappa shape index (κ1) is 7.98. The summed E-state index contributed by atoms with van der Waals surface area (Å²) in [5, 5.41) is 0. The lowest BCUT2D eigenvalue weighted by Crippen LogP contribution is -1.94. The molecule has 1 heteroatoms. The molecule has 0 radical (unpaired) electrons. The van der Waals surface area contributed by atoms with Gasteiger partial charge >= 0.3 is 0 Å². The van der Waals surface area contributed by atoms with Gasteiger partial charge in [0.1, 0.15) is 0 Å². The van der Waals surface area contributed by atoms with Crippen LogP contribution in [0.25, 0.3) is 5.57 Å². The van der Waals surface area contributed by atoms with Crippen LogP contribution in [0.1, 0.15) is 12.6 Å². The highest BCUT2D eigenvalue weighted by atomic mass is 14.7. The zero-order valence-corrected chi connectivity index (χ0v) is 8.22. The summed E-state index contributed by atoms with van der Waals surface area (Å²) < 4.78 is 0. The Balaban J connectivity index is 2.00. The van der Waals surface area contributed by atoms with Crippen LogP contribution in [0.2, 0.25) is 0 Å². The normalized spacial score (nSPS) is 33.5. The largest absolute Gasteiger partial charge is 0.257 e. The zero-order valence-electron chi connectivity index (χ0n) is 8.22. The first-order chi connectivity index (χ1) is 6.88. The highest BCUT2D eigenvalue weighted by Crippen LogP contribution is 2.55. The van der Waals surface area contributed by atoms with Crippen LogP contribution in [0.15, 0.2) is 42.6 Å². The molecule has 1 fully saturated rings. The van der Waals surface area contributed by atoms with Gasteiger partial charge in [-0.3, -0.25) is 4.98 Å². The van der Waals surface area contributed by atoms with Crippen LogP contribution >= 0.6 is 0 Å². The Morgan fingerprint density at radius 3 is 3.00 bits per heavy atom. The molecule has 1 nitrogen and oxygen atoms in total. The van der Waals surface area contributed by atoms with Gasteiger partial charge < -0.3 is 0 Å². The van der Waals surface area contributed by atoms with E-state index in [1.807, 2.05) is 12.3 Å². The number of fused-ring (bicyclic) bond motifs is 1. The van der Waals surface area contributed by atoms with Crippen molar-refractivity contribution < 1.29 is 0 Å². The molecule has 0 amide bonds. The third-order valence-corrected chi connectivity index (χ3v) is 3.38. The van der Waals surface area contributed by atoms with Crippen molar-refractivity contribution in [3.05, 3.63) is 48.3 Å². The Morgan fingerprint density at radius 2 is 2.21 bits per heavy atom. The third kappa shape index (κ3) is 1.05. The molecule has 2 aliphatic carbocycles. The van der Waals surface area contributed by atoms with Gasteiger partial charge in [-0.05, 0) is 35.5 Å². The van der Waals surface area contributed by atoms with Crippen LogP contribution in [0.5, 0.6) is 0 Å². The molecule has 1 aromatic heterocycles. The maximum atomic E-state index is 4.41. The first-order valence-electron chi connectivity index (χ1n) is 5.18. The van der Waals surface area contributed by atoms with Gasteiger partial charge in [0.2, 0.25) is 0 Å². The van der Waals surface area contributed by atoms with Gasteiger partial charge in [0.25, 0.3) is 0 Å². The average Bonchev–Trinajstić information content (AvgIpc) is 2.92. The minimum atomic E-state index is 0.731. The summed E-state index contributed by atoms with van der Waals surface area (Å²) in [6, 6.07) is 6.13. The van der Waals surface area contributed by atoms with Crippen molar-refractivity contribution in [2.45, 2.75) is 6.92 Å². The number of hydrogen-bond donors (Lipinski definition) is 0. The fourth-order valence-electron chi connectivity index (χ4n) is 2.47. The second-order valence-corrected chi connectivity index (χ2v) is 4.18. The van der Waals surface area contributed by atoms with E-state index in [9.17, 15) is 0 Å². The van der Waals surface area contributed by atoms with Gasteiger partial charge in [-0.25, -0.2) is 0 Å². The minimum Gasteiger partial charge on any atom is -0.257 e. The molecule has 0 bridgehead atoms. The van der Waals surface area contributed by atoms with Crippen molar-refractivity contribution in [2.75, 3.05) is 0 Å². The van der Waals surface area contributed by atoms with E-state index in [-0.39, 0.29) is 0 Å². The Labute approximate surface area is 84.2 Å². The van der Waals surface area contributed by atoms with E-state index in [0.29, 0.717) is 0 Å². The van der Waals surface area contributed by atoms with E-state index in [4.69, 9.17) is 0 Å². The summed E-state index contributed by atoms with van der Waals surface area (Å²) in [5.74, 6) is 2.31. The number of pyridine rings is 1. The first-order valence-corrected chi connectivity index (χ1v) is 5.18. The van der Waals surface area contributed by atoms with E-state index in [2.05, 4.69) is 42.3 Å². The fourth-order valence-corrected chi connectivity index (χ4v) is 2.47. The Bertz CT molecular complexity index is 403. The lowest BCUT2D eigenvalue weighted by Gasteiger charge is -2.07. The van der Waals surface area contributed by atoms with Crippen LogP contribution in [-0.2, 0) is 0 Å². The minimum absolute atomic E-state index is 0.731. The number of rotatable bonds is 1. The van der Waals surface area contributed by atoms with Gasteiger partial charge in [0, 0.05) is 6.20 Å². The van der Waals surface area contributed by atoms with Crippen molar-refractivity contribution in [2.24, 2.45) is 17.8 Å². The molecule has 3 atom stereocenters. The highest BCUT2D eigenvalue weighted by molar-refractivity contribution is 5.71. The second-order valence-electron chi connectivity index (χ2n) is 4.18. The summed E-state index contributed by atoms with van der Waals surface area (Å²) in [6.07, 6.45) is 8.58. The van der Waals surface area contributed by atoms with Gasteiger partial charge in [0.05, 0.1) is 5.69 Å². The molecule has 0 aromatic carbocycles. The van der Waals surface area contributed by atoms with Gasteiger partial charge in [-0.2, -0.15) is 0 Å². The molecule has 3 rings (SSSR count). The van der Waals surface area contributed by atoms with Gasteiger partial charge in [-0.15, -0.1) is 0 Å². The van der Waals surface area contributed by atoms with Gasteiger partial charge in [-0.1, -0.05) is 31.2 Å². The van der Waals surface area contributed by atoms with E-state index in [0.717, 1.165) is 23.4 Å². The molecule has 14 heavy (non-hydrogen) atoms. The summed E-state index contributed by atoms with van der Waals surface area (Å²) >= 11 is 0. The molecule has 0 aliphatic heterocycles. The molecule has 3 unspecified atom stereocenters. The lowest BCUT2D eigenvalue weighted by molar-refractivity contribution is 0.887. The van der Waals surface area contributed by atoms with Crippen LogP contribution < -0.4 is 0 Å². The topological polar surface area (TPSA) is 12.9 Å². The van der Waals surface area contributed by atoms with E-state index >= 15 is 0 Å². The molecule has 1 saturated carbocycles. The molecule has 2 aliphatic rings. The van der Waals surface area contributed by atoms with Crippen LogP contribution in [0.3, 0.4) is 0 Å². The van der Waals surface area contributed by atoms with Crippen molar-refractivity contribution in [3.63, 3.8) is 0 Å². The Kier molecular flexibility index (Phi) is 1.60. The number of nitrogens with zero attached hydrogens (tertiary/aromatic N) is 1. The predicted octanol–water partition coefficient (Wildman–Crippen LogP) is 2.92. The number of hydrogen-bond acceptors (Lipinski definition) is 1. The van der Waals surface area contributed by atoms with Crippen molar-refractivity contribution >= 4 is 5.57 Å². The van der Waals surface area contributed by atoms with Crippen molar-refractivity contribution in [1.82, 2.24) is 4.98 Å². The highest BCUT2D eigenvalue weighted by Gasteiger charge is 2.48. The molecular weight excluding hydrogens is 170 g/mol. The summed E-state index contributed by atoms with van der Waals surface area (Å²) in [5.41, 5.74) is 2.57. The molecule has 0 saturated heterocycles. The molecule has 0 spiro atoms. The molecule has 70 valence electrons. The summed E-state index contributed by atoms with van der Waals surface area (Å²) in [4.78, 5) is 4.41. The maximum absolute atomic E-state index is 4.41. The lowest BCUT2D eigenvalue weighted by atomic mass is 10.0. The van der Waals surface area contributed by atoms with E-state index in [1.54, 1.807) is 0 Å². The second kappa shape index (κ2) is 2.81. The average molecular weight is 183 g/mol.